The summed E-state index contributed by atoms with van der Waals surface area (Å²) in [6, 6.07) is 10.1. The summed E-state index contributed by atoms with van der Waals surface area (Å²) in [5, 5.41) is 4.18. The van der Waals surface area contributed by atoms with Crippen molar-refractivity contribution in [3.05, 3.63) is 59.8 Å². The highest BCUT2D eigenvalue weighted by Crippen LogP contribution is 2.24. The second kappa shape index (κ2) is 4.89. The lowest BCUT2D eigenvalue weighted by atomic mass is 10.0. The van der Waals surface area contributed by atoms with Gasteiger partial charge in [0.1, 0.15) is 6.33 Å². The average Bonchev–Trinajstić information content (AvgIpc) is 2.93. The fraction of sp³-hybridized carbons (Fsp3) is 0.188. The second-order valence-electron chi connectivity index (χ2n) is 4.89. The molecule has 0 aliphatic heterocycles. The maximum Gasteiger partial charge on any atom is 0.155 e. The van der Waals surface area contributed by atoms with Crippen LogP contribution in [-0.2, 0) is 0 Å². The lowest BCUT2D eigenvalue weighted by Gasteiger charge is -2.09. The third kappa shape index (κ3) is 2.20. The normalized spacial score (nSPS) is 12.6. The minimum absolute atomic E-state index is 0.855. The smallest absolute Gasteiger partial charge is 0.155 e. The van der Waals surface area contributed by atoms with E-state index in [0.29, 0.717) is 0 Å². The van der Waals surface area contributed by atoms with Crippen molar-refractivity contribution in [3.8, 4) is 0 Å². The van der Waals surface area contributed by atoms with Gasteiger partial charge in [0.2, 0.25) is 0 Å². The van der Waals surface area contributed by atoms with Gasteiger partial charge in [-0.15, -0.1) is 0 Å². The maximum atomic E-state index is 4.58. The molecular weight excluding hydrogens is 248 g/mol. The Balaban J connectivity index is 2.09. The molecule has 0 spiro atoms. The molecule has 0 unspecified atom stereocenters. The van der Waals surface area contributed by atoms with Gasteiger partial charge < -0.3 is 0 Å². The summed E-state index contributed by atoms with van der Waals surface area (Å²) in [4.78, 5) is 8.74. The van der Waals surface area contributed by atoms with Crippen LogP contribution in [0.1, 0.15) is 30.8 Å². The van der Waals surface area contributed by atoms with E-state index in [1.807, 2.05) is 37.4 Å². The lowest BCUT2D eigenvalue weighted by Crippen LogP contribution is -1.94. The summed E-state index contributed by atoms with van der Waals surface area (Å²) in [5.41, 5.74) is 6.40. The molecule has 0 aromatic carbocycles. The van der Waals surface area contributed by atoms with Crippen LogP contribution in [0.4, 0.5) is 0 Å². The van der Waals surface area contributed by atoms with Gasteiger partial charge in [-0.05, 0) is 61.7 Å². The molecule has 0 amide bonds. The zero-order chi connectivity index (χ0) is 14.1. The van der Waals surface area contributed by atoms with Crippen LogP contribution < -0.4 is 0 Å². The van der Waals surface area contributed by atoms with Gasteiger partial charge >= 0.3 is 0 Å². The maximum absolute atomic E-state index is 4.58. The van der Waals surface area contributed by atoms with Crippen LogP contribution in [-0.4, -0.2) is 19.6 Å². The van der Waals surface area contributed by atoms with E-state index in [0.717, 1.165) is 22.6 Å². The average molecular weight is 264 g/mol. The van der Waals surface area contributed by atoms with Crippen molar-refractivity contribution < 1.29 is 0 Å². The quantitative estimate of drug-likeness (QED) is 0.712. The van der Waals surface area contributed by atoms with Crippen molar-refractivity contribution in [1.82, 2.24) is 19.6 Å². The summed E-state index contributed by atoms with van der Waals surface area (Å²) < 4.78 is 1.79. The molecule has 0 aliphatic rings. The molecule has 3 heterocycles. The van der Waals surface area contributed by atoms with E-state index in [2.05, 4.69) is 35.0 Å². The van der Waals surface area contributed by atoms with E-state index >= 15 is 0 Å². The molecular formula is C16H16N4. The van der Waals surface area contributed by atoms with Gasteiger partial charge in [0, 0.05) is 11.9 Å². The van der Waals surface area contributed by atoms with Crippen molar-refractivity contribution in [3.63, 3.8) is 0 Å². The first kappa shape index (κ1) is 12.5. The van der Waals surface area contributed by atoms with Crippen molar-refractivity contribution in [2.24, 2.45) is 0 Å². The SMILES string of the molecule is C/C(=C(\C)c1cccc(C)n1)c1ccc2ncnn2c1. The van der Waals surface area contributed by atoms with E-state index in [4.69, 9.17) is 0 Å². The zero-order valence-electron chi connectivity index (χ0n) is 11.8. The molecule has 0 saturated carbocycles. The predicted octanol–water partition coefficient (Wildman–Crippen LogP) is 3.38. The van der Waals surface area contributed by atoms with Gasteiger partial charge in [-0.2, -0.15) is 5.10 Å². The summed E-state index contributed by atoms with van der Waals surface area (Å²) >= 11 is 0. The van der Waals surface area contributed by atoms with Gasteiger partial charge in [0.05, 0.1) is 5.69 Å². The Bertz CT molecular complexity index is 799. The van der Waals surface area contributed by atoms with Gasteiger partial charge in [-0.25, -0.2) is 9.50 Å². The topological polar surface area (TPSA) is 43.1 Å². The van der Waals surface area contributed by atoms with E-state index in [9.17, 15) is 0 Å². The molecule has 20 heavy (non-hydrogen) atoms. The fourth-order valence-corrected chi connectivity index (χ4v) is 2.20. The Morgan fingerprint density at radius 1 is 1.05 bits per heavy atom. The molecule has 3 rings (SSSR count). The minimum atomic E-state index is 0.855. The molecule has 0 aliphatic carbocycles. The van der Waals surface area contributed by atoms with Crippen LogP contribution in [0.3, 0.4) is 0 Å². The Morgan fingerprint density at radius 2 is 1.90 bits per heavy atom. The molecule has 0 atom stereocenters. The summed E-state index contributed by atoms with van der Waals surface area (Å²) in [6.45, 7) is 6.22. The Hall–Kier alpha value is -2.49. The number of aryl methyl sites for hydroxylation is 1. The number of pyridine rings is 2. The first-order valence-corrected chi connectivity index (χ1v) is 6.56. The molecule has 0 bridgehead atoms. The zero-order valence-corrected chi connectivity index (χ0v) is 11.8. The number of nitrogens with zero attached hydrogens (tertiary/aromatic N) is 4. The van der Waals surface area contributed by atoms with Crippen molar-refractivity contribution in [2.75, 3.05) is 0 Å². The second-order valence-corrected chi connectivity index (χ2v) is 4.89. The highest BCUT2D eigenvalue weighted by atomic mass is 15.3. The van der Waals surface area contributed by atoms with Crippen molar-refractivity contribution >= 4 is 16.8 Å². The standard InChI is InChI=1S/C16H16N4/c1-11-5-4-6-15(19-11)13(3)12(2)14-7-8-16-17-10-18-20(16)9-14/h4-10H,1-3H3/b13-12-. The number of rotatable bonds is 2. The summed E-state index contributed by atoms with van der Waals surface area (Å²) in [6.07, 6.45) is 3.56. The van der Waals surface area contributed by atoms with Crippen LogP contribution in [0.15, 0.2) is 42.9 Å². The first-order chi connectivity index (χ1) is 9.65. The van der Waals surface area contributed by atoms with E-state index in [1.54, 1.807) is 10.8 Å². The summed E-state index contributed by atoms with van der Waals surface area (Å²) in [7, 11) is 0. The number of hydrogen-bond acceptors (Lipinski definition) is 3. The molecule has 0 radical (unpaired) electrons. The molecule has 0 N–H and O–H groups in total. The number of hydrogen-bond donors (Lipinski definition) is 0. The molecule has 3 aromatic rings. The van der Waals surface area contributed by atoms with E-state index in [1.165, 1.54) is 11.1 Å². The van der Waals surface area contributed by atoms with Crippen LogP contribution in [0.5, 0.6) is 0 Å². The number of fused-ring (bicyclic) bond motifs is 1. The monoisotopic (exact) mass is 264 g/mol. The summed E-state index contributed by atoms with van der Waals surface area (Å²) in [5.74, 6) is 0. The van der Waals surface area contributed by atoms with Gasteiger partial charge in [-0.1, -0.05) is 6.07 Å². The Morgan fingerprint density at radius 3 is 2.70 bits per heavy atom. The van der Waals surface area contributed by atoms with Crippen molar-refractivity contribution in [2.45, 2.75) is 20.8 Å². The van der Waals surface area contributed by atoms with Crippen LogP contribution in [0.25, 0.3) is 16.8 Å². The van der Waals surface area contributed by atoms with Crippen molar-refractivity contribution in [1.29, 1.82) is 0 Å². The Labute approximate surface area is 117 Å². The number of allylic oxidation sites excluding steroid dienone is 2. The van der Waals surface area contributed by atoms with E-state index in [-0.39, 0.29) is 0 Å². The molecule has 4 nitrogen and oxygen atoms in total. The largest absolute Gasteiger partial charge is 0.253 e. The van der Waals surface area contributed by atoms with E-state index < -0.39 is 0 Å². The predicted molar refractivity (Wildman–Crippen MR) is 80.1 cm³/mol. The fourth-order valence-electron chi connectivity index (χ4n) is 2.20. The molecule has 0 fully saturated rings. The molecule has 0 saturated heterocycles. The molecule has 4 heteroatoms. The van der Waals surface area contributed by atoms with Crippen LogP contribution in [0, 0.1) is 6.92 Å². The Kier molecular flexibility index (Phi) is 3.06. The first-order valence-electron chi connectivity index (χ1n) is 6.56. The third-order valence-electron chi connectivity index (χ3n) is 3.54. The van der Waals surface area contributed by atoms with Gasteiger partial charge in [0.25, 0.3) is 0 Å². The molecule has 3 aromatic heterocycles. The highest BCUT2D eigenvalue weighted by molar-refractivity contribution is 5.87. The highest BCUT2D eigenvalue weighted by Gasteiger charge is 2.06. The van der Waals surface area contributed by atoms with Gasteiger partial charge in [-0.3, -0.25) is 4.98 Å². The lowest BCUT2D eigenvalue weighted by molar-refractivity contribution is 0.957. The minimum Gasteiger partial charge on any atom is -0.253 e. The van der Waals surface area contributed by atoms with Crippen LogP contribution >= 0.6 is 0 Å². The van der Waals surface area contributed by atoms with Gasteiger partial charge in [0.15, 0.2) is 5.65 Å². The molecule has 100 valence electrons. The third-order valence-corrected chi connectivity index (χ3v) is 3.54. The van der Waals surface area contributed by atoms with Crippen LogP contribution in [0.2, 0.25) is 0 Å². The number of aromatic nitrogens is 4.